The van der Waals surface area contributed by atoms with Crippen molar-refractivity contribution in [2.24, 2.45) is 0 Å². The molecule has 2 rings (SSSR count). The number of halogens is 1. The Labute approximate surface area is 159 Å². The monoisotopic (exact) mass is 388 g/mol. The van der Waals surface area contributed by atoms with E-state index in [1.807, 2.05) is 0 Å². The van der Waals surface area contributed by atoms with Gasteiger partial charge in [-0.25, -0.2) is 13.1 Å². The molecule has 0 spiro atoms. The zero-order valence-corrected chi connectivity index (χ0v) is 17.4. The second-order valence-corrected chi connectivity index (χ2v) is 8.74. The molecule has 25 heavy (non-hydrogen) atoms. The summed E-state index contributed by atoms with van der Waals surface area (Å²) in [5, 5.41) is 0. The van der Waals surface area contributed by atoms with E-state index in [-0.39, 0.29) is 12.4 Å². The van der Waals surface area contributed by atoms with Gasteiger partial charge in [-0.3, -0.25) is 0 Å². The number of benzene rings is 1. The number of rotatable bonds is 9. The predicted molar refractivity (Wildman–Crippen MR) is 108 cm³/mol. The van der Waals surface area contributed by atoms with Crippen LogP contribution in [0.1, 0.15) is 49.8 Å². The molecule has 0 radical (unpaired) electrons. The third-order valence-electron chi connectivity index (χ3n) is 4.85. The second kappa shape index (κ2) is 10.5. The van der Waals surface area contributed by atoms with Crippen LogP contribution in [-0.4, -0.2) is 45.2 Å². The van der Waals surface area contributed by atoms with Crippen molar-refractivity contribution in [3.8, 4) is 0 Å². The van der Waals surface area contributed by atoms with Crippen LogP contribution in [0.4, 0.5) is 0 Å². The van der Waals surface area contributed by atoms with Gasteiger partial charge in [0.15, 0.2) is 0 Å². The first-order valence-electron chi connectivity index (χ1n) is 9.23. The standard InChI is InChI=1S/C19H32N2O2S.ClH/c1-4-13-21(14-5-2)18-10-9-16-7-6-8-17(19(16)15-18)11-12-20-24(3,22)23;/h6-8,18,20H,4-5,9-15H2,1-3H3;1H. The summed E-state index contributed by atoms with van der Waals surface area (Å²) >= 11 is 0. The molecule has 1 N–H and O–H groups in total. The fourth-order valence-corrected chi connectivity index (χ4v) is 4.29. The van der Waals surface area contributed by atoms with E-state index in [0.29, 0.717) is 12.6 Å². The lowest BCUT2D eigenvalue weighted by atomic mass is 9.84. The largest absolute Gasteiger partial charge is 0.300 e. The Bertz CT molecular complexity index is 628. The maximum absolute atomic E-state index is 11.3. The first-order chi connectivity index (χ1) is 11.4. The van der Waals surface area contributed by atoms with Gasteiger partial charge in [-0.1, -0.05) is 32.0 Å². The lowest BCUT2D eigenvalue weighted by Crippen LogP contribution is -2.40. The summed E-state index contributed by atoms with van der Waals surface area (Å²) < 4.78 is 25.2. The van der Waals surface area contributed by atoms with Gasteiger partial charge in [0.1, 0.15) is 0 Å². The van der Waals surface area contributed by atoms with Crippen molar-refractivity contribution in [3.05, 3.63) is 34.9 Å². The summed E-state index contributed by atoms with van der Waals surface area (Å²) in [4.78, 5) is 2.65. The number of fused-ring (bicyclic) bond motifs is 1. The molecule has 1 aromatic rings. The Morgan fingerprint density at radius 1 is 1.20 bits per heavy atom. The summed E-state index contributed by atoms with van der Waals surface area (Å²) in [7, 11) is -3.11. The van der Waals surface area contributed by atoms with Crippen molar-refractivity contribution in [2.75, 3.05) is 25.9 Å². The topological polar surface area (TPSA) is 49.4 Å². The third-order valence-corrected chi connectivity index (χ3v) is 5.58. The molecule has 144 valence electrons. The Hall–Kier alpha value is -0.620. The zero-order valence-electron chi connectivity index (χ0n) is 15.8. The highest BCUT2D eigenvalue weighted by molar-refractivity contribution is 7.88. The molecule has 0 fully saturated rings. The van der Waals surface area contributed by atoms with Crippen LogP contribution in [0.15, 0.2) is 18.2 Å². The zero-order chi connectivity index (χ0) is 17.6. The SMILES string of the molecule is CCCN(CCC)C1CCc2cccc(CCNS(C)(=O)=O)c2C1.Cl. The number of sulfonamides is 1. The molecule has 6 heteroatoms. The first-order valence-corrected chi connectivity index (χ1v) is 11.1. The van der Waals surface area contributed by atoms with E-state index >= 15 is 0 Å². The molecule has 0 saturated carbocycles. The number of hydrogen-bond donors (Lipinski definition) is 1. The van der Waals surface area contributed by atoms with Gasteiger partial charge in [-0.2, -0.15) is 0 Å². The number of nitrogens with zero attached hydrogens (tertiary/aromatic N) is 1. The van der Waals surface area contributed by atoms with E-state index in [9.17, 15) is 8.42 Å². The Morgan fingerprint density at radius 2 is 1.88 bits per heavy atom. The summed E-state index contributed by atoms with van der Waals surface area (Å²) in [6.07, 6.45) is 7.85. The van der Waals surface area contributed by atoms with Crippen LogP contribution < -0.4 is 4.72 Å². The van der Waals surface area contributed by atoms with Crippen molar-refractivity contribution in [3.63, 3.8) is 0 Å². The fraction of sp³-hybridized carbons (Fsp3) is 0.684. The summed E-state index contributed by atoms with van der Waals surface area (Å²) in [6.45, 7) is 7.33. The highest BCUT2D eigenvalue weighted by atomic mass is 35.5. The van der Waals surface area contributed by atoms with E-state index < -0.39 is 10.0 Å². The Kier molecular flexibility index (Phi) is 9.43. The highest BCUT2D eigenvalue weighted by Crippen LogP contribution is 2.28. The van der Waals surface area contributed by atoms with E-state index in [4.69, 9.17) is 0 Å². The molecule has 0 aromatic heterocycles. The molecule has 1 aliphatic rings. The van der Waals surface area contributed by atoms with Crippen LogP contribution in [0, 0.1) is 0 Å². The molecular formula is C19H33ClN2O2S. The minimum Gasteiger partial charge on any atom is -0.300 e. The smallest absolute Gasteiger partial charge is 0.208 e. The Morgan fingerprint density at radius 3 is 2.48 bits per heavy atom. The van der Waals surface area contributed by atoms with Crippen LogP contribution in [0.25, 0.3) is 0 Å². The van der Waals surface area contributed by atoms with Crippen molar-refractivity contribution < 1.29 is 8.42 Å². The van der Waals surface area contributed by atoms with Gasteiger partial charge >= 0.3 is 0 Å². The average molecular weight is 389 g/mol. The van der Waals surface area contributed by atoms with E-state index in [1.54, 1.807) is 0 Å². The molecule has 1 unspecified atom stereocenters. The normalized spacial score (nSPS) is 17.2. The van der Waals surface area contributed by atoms with Crippen molar-refractivity contribution >= 4 is 22.4 Å². The van der Waals surface area contributed by atoms with Crippen LogP contribution >= 0.6 is 12.4 Å². The molecule has 1 atom stereocenters. The molecule has 4 nitrogen and oxygen atoms in total. The van der Waals surface area contributed by atoms with Crippen LogP contribution in [0.3, 0.4) is 0 Å². The van der Waals surface area contributed by atoms with Gasteiger partial charge in [-0.15, -0.1) is 12.4 Å². The fourth-order valence-electron chi connectivity index (χ4n) is 3.81. The summed E-state index contributed by atoms with van der Waals surface area (Å²) in [5.74, 6) is 0. The van der Waals surface area contributed by atoms with Crippen molar-refractivity contribution in [1.29, 1.82) is 0 Å². The molecule has 1 aliphatic carbocycles. The minimum absolute atomic E-state index is 0. The summed E-state index contributed by atoms with van der Waals surface area (Å²) in [5.41, 5.74) is 4.22. The molecule has 0 aliphatic heterocycles. The van der Waals surface area contributed by atoms with Gasteiger partial charge in [0.2, 0.25) is 10.0 Å². The van der Waals surface area contributed by atoms with Crippen molar-refractivity contribution in [1.82, 2.24) is 9.62 Å². The van der Waals surface area contributed by atoms with Gasteiger partial charge in [0.25, 0.3) is 0 Å². The van der Waals surface area contributed by atoms with Gasteiger partial charge in [-0.05, 0) is 68.3 Å². The van der Waals surface area contributed by atoms with E-state index in [2.05, 4.69) is 41.7 Å². The van der Waals surface area contributed by atoms with Crippen LogP contribution in [-0.2, 0) is 29.3 Å². The minimum atomic E-state index is -3.11. The third kappa shape index (κ3) is 6.89. The number of hydrogen-bond acceptors (Lipinski definition) is 3. The lowest BCUT2D eigenvalue weighted by Gasteiger charge is -2.36. The van der Waals surface area contributed by atoms with Gasteiger partial charge in [0.05, 0.1) is 6.26 Å². The summed E-state index contributed by atoms with van der Waals surface area (Å²) in [6, 6.07) is 7.14. The second-order valence-electron chi connectivity index (χ2n) is 6.90. The molecule has 1 aromatic carbocycles. The maximum atomic E-state index is 11.3. The molecular weight excluding hydrogens is 356 g/mol. The van der Waals surface area contributed by atoms with Crippen LogP contribution in [0.2, 0.25) is 0 Å². The number of aryl methyl sites for hydroxylation is 1. The predicted octanol–water partition coefficient (Wildman–Crippen LogP) is 3.18. The van der Waals surface area contributed by atoms with Crippen molar-refractivity contribution in [2.45, 2.75) is 58.4 Å². The Balaban J connectivity index is 0.00000312. The first kappa shape index (κ1) is 22.4. The molecule has 0 amide bonds. The average Bonchev–Trinajstić information content (AvgIpc) is 2.53. The quantitative estimate of drug-likeness (QED) is 0.706. The maximum Gasteiger partial charge on any atom is 0.208 e. The number of nitrogens with one attached hydrogen (secondary N) is 1. The molecule has 0 heterocycles. The highest BCUT2D eigenvalue weighted by Gasteiger charge is 2.24. The van der Waals surface area contributed by atoms with Crippen LogP contribution in [0.5, 0.6) is 0 Å². The van der Waals surface area contributed by atoms with Gasteiger partial charge < -0.3 is 4.90 Å². The van der Waals surface area contributed by atoms with E-state index in [0.717, 1.165) is 19.3 Å². The van der Waals surface area contributed by atoms with Gasteiger partial charge in [0, 0.05) is 12.6 Å². The lowest BCUT2D eigenvalue weighted by molar-refractivity contribution is 0.179. The van der Waals surface area contributed by atoms with E-state index in [1.165, 1.54) is 55.3 Å². The molecule has 0 bridgehead atoms. The molecule has 0 saturated heterocycles.